The van der Waals surface area contributed by atoms with Crippen molar-refractivity contribution in [2.45, 2.75) is 34.2 Å². The van der Waals surface area contributed by atoms with Crippen molar-refractivity contribution in [2.75, 3.05) is 0 Å². The number of benzene rings is 1. The third kappa shape index (κ3) is 2.13. The van der Waals surface area contributed by atoms with Crippen molar-refractivity contribution in [3.8, 4) is 0 Å². The minimum Gasteiger partial charge on any atom is -0.297 e. The maximum atomic E-state index is 11.9. The van der Waals surface area contributed by atoms with E-state index in [4.69, 9.17) is 0 Å². The molecule has 2 rings (SSSR count). The lowest BCUT2D eigenvalue weighted by atomic mass is 10.2. The maximum absolute atomic E-state index is 11.9. The number of aryl methyl sites for hydroxylation is 1. The fourth-order valence-corrected chi connectivity index (χ4v) is 1.65. The molecule has 1 aromatic heterocycles. The molecule has 86 valence electrons. The molecule has 0 fully saturated rings. The van der Waals surface area contributed by atoms with Gasteiger partial charge in [0.1, 0.15) is 5.82 Å². The number of fused-ring (bicyclic) bond motifs is 1. The number of nitrogens with zero attached hydrogens (tertiary/aromatic N) is 2. The predicted octanol–water partition coefficient (Wildman–Crippen LogP) is 2.75. The predicted molar refractivity (Wildman–Crippen MR) is 67.8 cm³/mol. The van der Waals surface area contributed by atoms with Crippen LogP contribution in [-0.4, -0.2) is 9.55 Å². The quantitative estimate of drug-likeness (QED) is 0.737. The molecule has 0 saturated carbocycles. The summed E-state index contributed by atoms with van der Waals surface area (Å²) in [5.41, 5.74) is 0.829. The van der Waals surface area contributed by atoms with E-state index in [0.29, 0.717) is 11.9 Å². The number of hydrogen-bond donors (Lipinski definition) is 0. The van der Waals surface area contributed by atoms with Crippen LogP contribution in [0.2, 0.25) is 0 Å². The molecular formula is C13H18N2O. The summed E-state index contributed by atoms with van der Waals surface area (Å²) in [6.07, 6.45) is 0. The standard InChI is InChI=1S/C11H12N2O.C2H6/c1-3-13-8(2)12-10-7-5-4-6-9(10)11(13)14;1-2/h4-7H,3H2,1-2H3;1-2H3. The average molecular weight is 218 g/mol. The Kier molecular flexibility index (Phi) is 4.23. The van der Waals surface area contributed by atoms with Gasteiger partial charge in [0.25, 0.3) is 5.56 Å². The Morgan fingerprint density at radius 2 is 1.88 bits per heavy atom. The highest BCUT2D eigenvalue weighted by atomic mass is 16.1. The molecule has 3 heteroatoms. The van der Waals surface area contributed by atoms with Crippen LogP contribution in [-0.2, 0) is 6.54 Å². The Morgan fingerprint density at radius 1 is 1.25 bits per heavy atom. The smallest absolute Gasteiger partial charge is 0.261 e. The van der Waals surface area contributed by atoms with Gasteiger partial charge in [0.15, 0.2) is 0 Å². The van der Waals surface area contributed by atoms with Gasteiger partial charge in [-0.2, -0.15) is 0 Å². The average Bonchev–Trinajstić information content (AvgIpc) is 2.32. The number of hydrogen-bond acceptors (Lipinski definition) is 2. The molecule has 0 aliphatic carbocycles. The van der Waals surface area contributed by atoms with Gasteiger partial charge in [-0.25, -0.2) is 4.98 Å². The van der Waals surface area contributed by atoms with Gasteiger partial charge >= 0.3 is 0 Å². The van der Waals surface area contributed by atoms with Crippen molar-refractivity contribution in [2.24, 2.45) is 0 Å². The molecule has 0 spiro atoms. The Bertz CT molecular complexity index is 529. The first-order valence-corrected chi connectivity index (χ1v) is 5.70. The highest BCUT2D eigenvalue weighted by molar-refractivity contribution is 5.77. The van der Waals surface area contributed by atoms with Gasteiger partial charge < -0.3 is 0 Å². The van der Waals surface area contributed by atoms with Crippen LogP contribution in [0.15, 0.2) is 29.1 Å². The lowest BCUT2D eigenvalue weighted by Crippen LogP contribution is -2.22. The van der Waals surface area contributed by atoms with Gasteiger partial charge in [0, 0.05) is 6.54 Å². The van der Waals surface area contributed by atoms with Crippen LogP contribution in [0.4, 0.5) is 0 Å². The molecule has 0 atom stereocenters. The Balaban J connectivity index is 0.000000606. The van der Waals surface area contributed by atoms with Crippen molar-refractivity contribution in [1.82, 2.24) is 9.55 Å². The molecule has 3 nitrogen and oxygen atoms in total. The van der Waals surface area contributed by atoms with E-state index in [9.17, 15) is 4.79 Å². The topological polar surface area (TPSA) is 34.9 Å². The third-order valence-electron chi connectivity index (χ3n) is 2.37. The highest BCUT2D eigenvalue weighted by Gasteiger charge is 2.04. The van der Waals surface area contributed by atoms with E-state index in [1.165, 1.54) is 0 Å². The molecule has 0 N–H and O–H groups in total. The van der Waals surface area contributed by atoms with Gasteiger partial charge in [0.2, 0.25) is 0 Å². The van der Waals surface area contributed by atoms with Gasteiger partial charge in [0.05, 0.1) is 10.9 Å². The second-order valence-electron chi connectivity index (χ2n) is 3.23. The molecule has 0 unspecified atom stereocenters. The fourth-order valence-electron chi connectivity index (χ4n) is 1.65. The molecule has 0 saturated heterocycles. The first-order chi connectivity index (χ1) is 7.74. The Hall–Kier alpha value is -1.64. The van der Waals surface area contributed by atoms with E-state index in [0.717, 1.165) is 11.3 Å². The van der Waals surface area contributed by atoms with E-state index in [-0.39, 0.29) is 5.56 Å². The minimum absolute atomic E-state index is 0.0515. The molecule has 2 aromatic rings. The van der Waals surface area contributed by atoms with Crippen LogP contribution >= 0.6 is 0 Å². The Morgan fingerprint density at radius 3 is 2.50 bits per heavy atom. The van der Waals surface area contributed by atoms with Crippen molar-refractivity contribution in [3.05, 3.63) is 40.4 Å². The van der Waals surface area contributed by atoms with Crippen molar-refractivity contribution in [3.63, 3.8) is 0 Å². The summed E-state index contributed by atoms with van der Waals surface area (Å²) >= 11 is 0. The van der Waals surface area contributed by atoms with Gasteiger partial charge in [-0.15, -0.1) is 0 Å². The third-order valence-corrected chi connectivity index (χ3v) is 2.37. The first kappa shape index (κ1) is 12.4. The van der Waals surface area contributed by atoms with Crippen molar-refractivity contribution < 1.29 is 0 Å². The summed E-state index contributed by atoms with van der Waals surface area (Å²) in [6, 6.07) is 7.44. The van der Waals surface area contributed by atoms with E-state index in [1.807, 2.05) is 52.0 Å². The van der Waals surface area contributed by atoms with Crippen LogP contribution in [0.3, 0.4) is 0 Å². The number of rotatable bonds is 1. The summed E-state index contributed by atoms with van der Waals surface area (Å²) < 4.78 is 1.68. The maximum Gasteiger partial charge on any atom is 0.261 e. The molecular weight excluding hydrogens is 200 g/mol. The van der Waals surface area contributed by atoms with Gasteiger partial charge in [-0.3, -0.25) is 9.36 Å². The van der Waals surface area contributed by atoms with Gasteiger partial charge in [-0.05, 0) is 26.0 Å². The molecule has 16 heavy (non-hydrogen) atoms. The van der Waals surface area contributed by atoms with Crippen LogP contribution in [0.5, 0.6) is 0 Å². The van der Waals surface area contributed by atoms with Crippen LogP contribution in [0, 0.1) is 6.92 Å². The monoisotopic (exact) mass is 218 g/mol. The van der Waals surface area contributed by atoms with E-state index < -0.39 is 0 Å². The molecule has 0 amide bonds. The zero-order valence-corrected chi connectivity index (χ0v) is 10.3. The zero-order chi connectivity index (χ0) is 12.1. The Labute approximate surface area is 95.8 Å². The molecule has 0 radical (unpaired) electrons. The van der Waals surface area contributed by atoms with Gasteiger partial charge in [-0.1, -0.05) is 26.0 Å². The summed E-state index contributed by atoms with van der Waals surface area (Å²) in [4.78, 5) is 16.3. The van der Waals surface area contributed by atoms with E-state index in [1.54, 1.807) is 4.57 Å². The lowest BCUT2D eigenvalue weighted by molar-refractivity contribution is 0.685. The number of aromatic nitrogens is 2. The van der Waals surface area contributed by atoms with Crippen LogP contribution in [0.1, 0.15) is 26.6 Å². The molecule has 0 aliphatic heterocycles. The first-order valence-electron chi connectivity index (χ1n) is 5.70. The molecule has 0 bridgehead atoms. The summed E-state index contributed by atoms with van der Waals surface area (Å²) in [7, 11) is 0. The van der Waals surface area contributed by atoms with Crippen molar-refractivity contribution in [1.29, 1.82) is 0 Å². The lowest BCUT2D eigenvalue weighted by Gasteiger charge is -2.07. The summed E-state index contributed by atoms with van der Waals surface area (Å²) in [5.74, 6) is 0.774. The summed E-state index contributed by atoms with van der Waals surface area (Å²) in [5, 5.41) is 0.694. The fraction of sp³-hybridized carbons (Fsp3) is 0.385. The minimum atomic E-state index is 0.0515. The number of para-hydroxylation sites is 1. The zero-order valence-electron chi connectivity index (χ0n) is 10.3. The second kappa shape index (κ2) is 5.45. The largest absolute Gasteiger partial charge is 0.297 e. The molecule has 1 heterocycles. The van der Waals surface area contributed by atoms with E-state index in [2.05, 4.69) is 4.98 Å². The van der Waals surface area contributed by atoms with Crippen molar-refractivity contribution >= 4 is 10.9 Å². The highest BCUT2D eigenvalue weighted by Crippen LogP contribution is 2.06. The van der Waals surface area contributed by atoms with Crippen LogP contribution in [0.25, 0.3) is 10.9 Å². The van der Waals surface area contributed by atoms with E-state index >= 15 is 0 Å². The summed E-state index contributed by atoms with van der Waals surface area (Å²) in [6.45, 7) is 8.48. The SMILES string of the molecule is CC.CCn1c(C)nc2ccccc2c1=O. The molecule has 0 aliphatic rings. The second-order valence-corrected chi connectivity index (χ2v) is 3.23. The normalized spacial score (nSPS) is 9.75. The molecule has 1 aromatic carbocycles. The van der Waals surface area contributed by atoms with Crippen LogP contribution < -0.4 is 5.56 Å².